The fourth-order valence-corrected chi connectivity index (χ4v) is 8.03. The molecule has 3 aromatic rings. The van der Waals surface area contributed by atoms with Crippen LogP contribution in [-0.4, -0.2) is 83.1 Å². The van der Waals surface area contributed by atoms with Crippen molar-refractivity contribution in [3.05, 3.63) is 65.5 Å². The second-order valence-electron chi connectivity index (χ2n) is 10.2. The molecule has 14 heteroatoms. The summed E-state index contributed by atoms with van der Waals surface area (Å²) in [5.41, 5.74) is 0.650. The first-order chi connectivity index (χ1) is 19.8. The molecule has 1 amide bonds. The van der Waals surface area contributed by atoms with Crippen LogP contribution in [0.4, 0.5) is 5.69 Å². The SMILES string of the molecule is COc1ccc(S(=O)(=O)Nc2ccc3c(c2)CC(=O)N([C@H](C)CO)C[C@@H](C)[C@@H](CN(C)S(=O)(=O)c2cccs2)O3)cc1. The molecule has 11 nitrogen and oxygen atoms in total. The Morgan fingerprint density at radius 2 is 1.88 bits per heavy atom. The van der Waals surface area contributed by atoms with Gasteiger partial charge in [0, 0.05) is 30.8 Å². The van der Waals surface area contributed by atoms with Gasteiger partial charge in [0.1, 0.15) is 21.8 Å². The zero-order chi connectivity index (χ0) is 30.7. The van der Waals surface area contributed by atoms with E-state index < -0.39 is 32.2 Å². The Balaban J connectivity index is 1.67. The lowest BCUT2D eigenvalue weighted by molar-refractivity contribution is -0.134. The fraction of sp³-hybridized carbons (Fsp3) is 0.393. The van der Waals surface area contributed by atoms with Crippen molar-refractivity contribution < 1.29 is 36.2 Å². The maximum absolute atomic E-state index is 13.5. The third kappa shape index (κ3) is 7.06. The van der Waals surface area contributed by atoms with Crippen LogP contribution < -0.4 is 14.2 Å². The van der Waals surface area contributed by atoms with Gasteiger partial charge < -0.3 is 19.5 Å². The Labute approximate surface area is 250 Å². The van der Waals surface area contributed by atoms with E-state index in [4.69, 9.17) is 9.47 Å². The van der Waals surface area contributed by atoms with Crippen LogP contribution >= 0.6 is 11.3 Å². The molecule has 0 spiro atoms. The van der Waals surface area contributed by atoms with Gasteiger partial charge in [-0.3, -0.25) is 9.52 Å². The van der Waals surface area contributed by atoms with Crippen molar-refractivity contribution in [2.75, 3.05) is 38.6 Å². The molecule has 0 aliphatic carbocycles. The summed E-state index contributed by atoms with van der Waals surface area (Å²) >= 11 is 1.12. The lowest BCUT2D eigenvalue weighted by Gasteiger charge is -2.33. The maximum Gasteiger partial charge on any atom is 0.261 e. The highest BCUT2D eigenvalue weighted by Crippen LogP contribution is 2.31. The molecule has 0 unspecified atom stereocenters. The van der Waals surface area contributed by atoms with Crippen LogP contribution in [0.1, 0.15) is 19.4 Å². The number of amides is 1. The highest BCUT2D eigenvalue weighted by atomic mass is 32.2. The van der Waals surface area contributed by atoms with Crippen LogP contribution in [0.25, 0.3) is 0 Å². The van der Waals surface area contributed by atoms with Gasteiger partial charge in [-0.15, -0.1) is 11.3 Å². The molecule has 1 aliphatic heterocycles. The Bertz CT molecular complexity index is 1590. The zero-order valence-electron chi connectivity index (χ0n) is 23.8. The second-order valence-corrected chi connectivity index (χ2v) is 15.1. The quantitative estimate of drug-likeness (QED) is 0.346. The molecule has 2 aromatic carbocycles. The van der Waals surface area contributed by atoms with E-state index in [2.05, 4.69) is 4.72 Å². The van der Waals surface area contributed by atoms with E-state index in [1.807, 2.05) is 6.92 Å². The summed E-state index contributed by atoms with van der Waals surface area (Å²) in [6.07, 6.45) is -0.773. The normalized spacial score (nSPS) is 18.8. The van der Waals surface area contributed by atoms with Crippen molar-refractivity contribution >= 4 is 43.0 Å². The number of methoxy groups -OCH3 is 1. The van der Waals surface area contributed by atoms with E-state index >= 15 is 0 Å². The van der Waals surface area contributed by atoms with Crippen molar-refractivity contribution in [2.24, 2.45) is 5.92 Å². The Morgan fingerprint density at radius 3 is 2.50 bits per heavy atom. The largest absolute Gasteiger partial charge is 0.497 e. The number of rotatable bonds is 10. The van der Waals surface area contributed by atoms with Crippen molar-refractivity contribution in [3.63, 3.8) is 0 Å². The minimum Gasteiger partial charge on any atom is -0.497 e. The number of nitrogens with one attached hydrogen (secondary N) is 1. The molecule has 0 radical (unpaired) electrons. The number of carbonyl (C=O) groups excluding carboxylic acids is 1. The van der Waals surface area contributed by atoms with Gasteiger partial charge in [-0.05, 0) is 60.8 Å². The summed E-state index contributed by atoms with van der Waals surface area (Å²) in [7, 11) is -4.75. The van der Waals surface area contributed by atoms with Crippen LogP contribution in [0.3, 0.4) is 0 Å². The average molecular weight is 638 g/mol. The number of carbonyl (C=O) groups is 1. The van der Waals surface area contributed by atoms with Gasteiger partial charge in [0.25, 0.3) is 20.0 Å². The van der Waals surface area contributed by atoms with Gasteiger partial charge in [0.2, 0.25) is 5.91 Å². The third-order valence-electron chi connectivity index (χ3n) is 7.14. The number of ether oxygens (including phenoxy) is 2. The third-order valence-corrected chi connectivity index (χ3v) is 11.7. The van der Waals surface area contributed by atoms with Gasteiger partial charge in [0.05, 0.1) is 37.6 Å². The van der Waals surface area contributed by atoms with E-state index in [-0.39, 0.29) is 52.7 Å². The molecular formula is C28H35N3O8S3. The summed E-state index contributed by atoms with van der Waals surface area (Å²) in [6.45, 7) is 3.56. The fourth-order valence-electron chi connectivity index (χ4n) is 4.60. The number of anilines is 1. The molecule has 0 fully saturated rings. The van der Waals surface area contributed by atoms with Crippen LogP contribution in [0.15, 0.2) is 69.1 Å². The lowest BCUT2D eigenvalue weighted by atomic mass is 10.0. The van der Waals surface area contributed by atoms with Crippen LogP contribution in [-0.2, 0) is 31.3 Å². The molecule has 228 valence electrons. The maximum atomic E-state index is 13.5. The molecule has 2 N–H and O–H groups in total. The first kappa shape index (κ1) is 31.8. The Hall–Kier alpha value is -3.17. The monoisotopic (exact) mass is 637 g/mol. The molecular weight excluding hydrogens is 603 g/mol. The van der Waals surface area contributed by atoms with Crippen LogP contribution in [0.2, 0.25) is 0 Å². The molecule has 1 aromatic heterocycles. The topological polar surface area (TPSA) is 143 Å². The number of benzene rings is 2. The second kappa shape index (κ2) is 13.0. The average Bonchev–Trinajstić information content (AvgIpc) is 3.52. The molecule has 1 aliphatic rings. The minimum absolute atomic E-state index is 0.00221. The van der Waals surface area contributed by atoms with E-state index in [9.17, 15) is 26.7 Å². The number of sulfonamides is 2. The molecule has 0 saturated carbocycles. The summed E-state index contributed by atoms with van der Waals surface area (Å²) in [4.78, 5) is 15.0. The molecule has 0 saturated heterocycles. The number of likely N-dealkylation sites (N-methyl/N-ethyl adjacent to an activating group) is 1. The highest BCUT2D eigenvalue weighted by Gasteiger charge is 2.34. The Morgan fingerprint density at radius 1 is 1.17 bits per heavy atom. The molecule has 4 rings (SSSR count). The number of thiophene rings is 1. The zero-order valence-corrected chi connectivity index (χ0v) is 26.2. The van der Waals surface area contributed by atoms with E-state index in [1.54, 1.807) is 41.5 Å². The minimum atomic E-state index is -3.95. The Kier molecular flexibility index (Phi) is 9.83. The van der Waals surface area contributed by atoms with E-state index in [1.165, 1.54) is 48.8 Å². The van der Waals surface area contributed by atoms with E-state index in [0.717, 1.165) is 11.3 Å². The molecule has 3 atom stereocenters. The van der Waals surface area contributed by atoms with Crippen molar-refractivity contribution in [1.82, 2.24) is 9.21 Å². The standard InChI is InChI=1S/C28H35N3O8S3/c1-19-16-31(20(2)18-32)27(33)15-21-14-22(29-41(34,35)24-10-8-23(38-4)9-11-24)7-12-25(21)39-26(19)17-30(3)42(36,37)28-6-5-13-40-28/h5-14,19-20,26,29,32H,15-18H2,1-4H3/t19-,20-,26-/m1/s1. The first-order valence-electron chi connectivity index (χ1n) is 13.2. The number of hydrogen-bond acceptors (Lipinski definition) is 9. The molecule has 0 bridgehead atoms. The highest BCUT2D eigenvalue weighted by molar-refractivity contribution is 7.92. The van der Waals surface area contributed by atoms with Crippen molar-refractivity contribution in [2.45, 2.75) is 41.5 Å². The van der Waals surface area contributed by atoms with Gasteiger partial charge in [-0.2, -0.15) is 4.31 Å². The molecule has 42 heavy (non-hydrogen) atoms. The molecule has 2 heterocycles. The predicted molar refractivity (Wildman–Crippen MR) is 160 cm³/mol. The summed E-state index contributed by atoms with van der Waals surface area (Å²) in [5, 5.41) is 11.6. The summed E-state index contributed by atoms with van der Waals surface area (Å²) in [5.74, 6) is 0.265. The number of nitrogens with zero attached hydrogens (tertiary/aromatic N) is 2. The number of aliphatic hydroxyl groups is 1. The summed E-state index contributed by atoms with van der Waals surface area (Å²) < 4.78 is 67.9. The van der Waals surface area contributed by atoms with Crippen molar-refractivity contribution in [1.29, 1.82) is 0 Å². The lowest BCUT2D eigenvalue weighted by Crippen LogP contribution is -2.48. The van der Waals surface area contributed by atoms with Gasteiger partial charge in [0.15, 0.2) is 0 Å². The van der Waals surface area contributed by atoms with Gasteiger partial charge in [-0.25, -0.2) is 16.8 Å². The number of aliphatic hydroxyl groups excluding tert-OH is 1. The van der Waals surface area contributed by atoms with Crippen molar-refractivity contribution in [3.8, 4) is 11.5 Å². The predicted octanol–water partition coefficient (Wildman–Crippen LogP) is 3.03. The van der Waals surface area contributed by atoms with E-state index in [0.29, 0.717) is 17.1 Å². The number of fused-ring (bicyclic) bond motifs is 1. The van der Waals surface area contributed by atoms with Crippen LogP contribution in [0, 0.1) is 5.92 Å². The summed E-state index contributed by atoms with van der Waals surface area (Å²) in [6, 6.07) is 13.3. The van der Waals surface area contributed by atoms with Gasteiger partial charge in [-0.1, -0.05) is 13.0 Å². The first-order valence-corrected chi connectivity index (χ1v) is 17.0. The van der Waals surface area contributed by atoms with Gasteiger partial charge >= 0.3 is 0 Å². The smallest absolute Gasteiger partial charge is 0.261 e. The number of hydrogen-bond donors (Lipinski definition) is 2. The van der Waals surface area contributed by atoms with Crippen LogP contribution in [0.5, 0.6) is 11.5 Å².